The number of methoxy groups -OCH3 is 1. The van der Waals surface area contributed by atoms with E-state index in [2.05, 4.69) is 69.9 Å². The van der Waals surface area contributed by atoms with E-state index in [1.54, 1.807) is 18.4 Å². The minimum absolute atomic E-state index is 0. The van der Waals surface area contributed by atoms with Crippen LogP contribution in [0.5, 0.6) is 11.5 Å². The molecule has 0 fully saturated rings. The molecule has 37 heavy (non-hydrogen) atoms. The number of hydrogen-bond acceptors (Lipinski definition) is 7. The smallest absolute Gasteiger partial charge is 0.130 e. The lowest BCUT2D eigenvalue weighted by atomic mass is 9.94. The van der Waals surface area contributed by atoms with Gasteiger partial charge in [-0.25, -0.2) is 4.98 Å². The van der Waals surface area contributed by atoms with E-state index in [1.165, 1.54) is 5.56 Å². The molecule has 3 heterocycles. The molecule has 1 atom stereocenters. The Morgan fingerprint density at radius 3 is 2.54 bits per heavy atom. The average molecular weight is 529 g/mol. The third-order valence-corrected chi connectivity index (χ3v) is 7.07. The molecule has 1 aliphatic heterocycles. The second-order valence-corrected chi connectivity index (χ2v) is 9.45. The van der Waals surface area contributed by atoms with Crippen molar-refractivity contribution in [3.05, 3.63) is 76.8 Å². The lowest BCUT2D eigenvalue weighted by Gasteiger charge is -2.12. The minimum atomic E-state index is 0. The van der Waals surface area contributed by atoms with Gasteiger partial charge in [0.25, 0.3) is 0 Å². The molecular formula is C29H28N4O2S2. The Labute approximate surface area is 227 Å². The third kappa shape index (κ3) is 6.01. The Hall–Kier alpha value is -3.67. The maximum Gasteiger partial charge on any atom is 0.130 e. The van der Waals surface area contributed by atoms with Gasteiger partial charge < -0.3 is 9.47 Å². The van der Waals surface area contributed by atoms with E-state index >= 15 is 0 Å². The van der Waals surface area contributed by atoms with Crippen LogP contribution in [0, 0.1) is 18.8 Å². The summed E-state index contributed by atoms with van der Waals surface area (Å²) in [7, 11) is 1.69. The Bertz CT molecular complexity index is 1510. The molecule has 2 aromatic heterocycles. The van der Waals surface area contributed by atoms with E-state index in [0.29, 0.717) is 13.2 Å². The maximum atomic E-state index is 6.08. The maximum absolute atomic E-state index is 6.08. The highest BCUT2D eigenvalue weighted by molar-refractivity contribution is 7.59. The SMILES string of the molecule is CC#C[C@@H](CC1=NN=NC1)c1ccc(OCc2ccc3scc(-c4ccc(OC)cc4C)c3n2)cc1.S. The van der Waals surface area contributed by atoms with Crippen LogP contribution in [0.1, 0.15) is 36.1 Å². The first kappa shape index (κ1) is 26.4. The van der Waals surface area contributed by atoms with Crippen LogP contribution < -0.4 is 9.47 Å². The van der Waals surface area contributed by atoms with Gasteiger partial charge in [-0.2, -0.15) is 18.6 Å². The molecular weight excluding hydrogens is 500 g/mol. The van der Waals surface area contributed by atoms with Crippen molar-refractivity contribution in [3.63, 3.8) is 0 Å². The monoisotopic (exact) mass is 528 g/mol. The predicted molar refractivity (Wildman–Crippen MR) is 155 cm³/mol. The highest BCUT2D eigenvalue weighted by atomic mass is 32.1. The molecule has 0 amide bonds. The summed E-state index contributed by atoms with van der Waals surface area (Å²) in [4.78, 5) is 4.94. The van der Waals surface area contributed by atoms with Gasteiger partial charge in [0.15, 0.2) is 0 Å². The molecule has 0 radical (unpaired) electrons. The molecule has 0 unspecified atom stereocenters. The largest absolute Gasteiger partial charge is 0.497 e. The first-order chi connectivity index (χ1) is 17.6. The zero-order valence-corrected chi connectivity index (χ0v) is 22.8. The van der Waals surface area contributed by atoms with Gasteiger partial charge in [0.2, 0.25) is 0 Å². The molecule has 5 rings (SSSR count). The van der Waals surface area contributed by atoms with Crippen LogP contribution in [0.25, 0.3) is 21.3 Å². The summed E-state index contributed by atoms with van der Waals surface area (Å²) < 4.78 is 12.6. The molecule has 0 saturated carbocycles. The minimum Gasteiger partial charge on any atom is -0.497 e. The van der Waals surface area contributed by atoms with Crippen molar-refractivity contribution in [2.24, 2.45) is 15.4 Å². The third-order valence-electron chi connectivity index (χ3n) is 6.13. The van der Waals surface area contributed by atoms with Crippen LogP contribution in [-0.2, 0) is 6.61 Å². The summed E-state index contributed by atoms with van der Waals surface area (Å²) in [5, 5.41) is 13.9. The van der Waals surface area contributed by atoms with Crippen LogP contribution in [0.15, 0.2) is 75.4 Å². The summed E-state index contributed by atoms with van der Waals surface area (Å²) in [5.41, 5.74) is 7.44. The summed E-state index contributed by atoms with van der Waals surface area (Å²) in [6.45, 7) is 4.91. The van der Waals surface area contributed by atoms with E-state index in [-0.39, 0.29) is 19.4 Å². The van der Waals surface area contributed by atoms with Crippen molar-refractivity contribution in [1.29, 1.82) is 0 Å². The van der Waals surface area contributed by atoms with E-state index in [9.17, 15) is 0 Å². The van der Waals surface area contributed by atoms with Crippen LogP contribution >= 0.6 is 24.8 Å². The number of ether oxygens (including phenoxy) is 2. The number of pyridine rings is 1. The van der Waals surface area contributed by atoms with Gasteiger partial charge in [-0.15, -0.1) is 22.4 Å². The van der Waals surface area contributed by atoms with Crippen molar-refractivity contribution < 1.29 is 9.47 Å². The van der Waals surface area contributed by atoms with Crippen LogP contribution in [0.2, 0.25) is 0 Å². The first-order valence-corrected chi connectivity index (χ1v) is 12.6. The fourth-order valence-electron chi connectivity index (χ4n) is 4.25. The fourth-order valence-corrected chi connectivity index (χ4v) is 5.15. The lowest BCUT2D eigenvalue weighted by Crippen LogP contribution is -2.07. The normalized spacial score (nSPS) is 12.9. The van der Waals surface area contributed by atoms with E-state index in [4.69, 9.17) is 14.5 Å². The number of fused-ring (bicyclic) bond motifs is 1. The van der Waals surface area contributed by atoms with Crippen molar-refractivity contribution in [3.8, 4) is 34.5 Å². The number of aryl methyl sites for hydroxylation is 1. The first-order valence-electron chi connectivity index (χ1n) is 11.7. The topological polar surface area (TPSA) is 68.4 Å². The zero-order chi connectivity index (χ0) is 24.9. The number of nitrogens with zero attached hydrogens (tertiary/aromatic N) is 4. The predicted octanol–water partition coefficient (Wildman–Crippen LogP) is 7.29. The lowest BCUT2D eigenvalue weighted by molar-refractivity contribution is 0.301. The molecule has 188 valence electrons. The average Bonchev–Trinajstić information content (AvgIpc) is 3.57. The van der Waals surface area contributed by atoms with Crippen molar-refractivity contribution in [2.45, 2.75) is 32.8 Å². The molecule has 2 aromatic carbocycles. The summed E-state index contributed by atoms with van der Waals surface area (Å²) >= 11 is 1.70. The van der Waals surface area contributed by atoms with E-state index in [1.807, 2.05) is 31.2 Å². The Balaban J connectivity index is 0.00000320. The Kier molecular flexibility index (Phi) is 8.59. The van der Waals surface area contributed by atoms with E-state index < -0.39 is 0 Å². The molecule has 6 nitrogen and oxygen atoms in total. The van der Waals surface area contributed by atoms with E-state index in [0.717, 1.165) is 56.2 Å². The van der Waals surface area contributed by atoms with Crippen LogP contribution in [-0.4, -0.2) is 24.4 Å². The number of hydrogen-bond donors (Lipinski definition) is 0. The molecule has 0 aliphatic carbocycles. The van der Waals surface area contributed by atoms with Gasteiger partial charge in [-0.3, -0.25) is 0 Å². The molecule has 0 bridgehead atoms. The van der Waals surface area contributed by atoms with Gasteiger partial charge in [0.05, 0.1) is 34.6 Å². The second-order valence-electron chi connectivity index (χ2n) is 8.54. The highest BCUT2D eigenvalue weighted by Gasteiger charge is 2.15. The molecule has 1 aliphatic rings. The van der Waals surface area contributed by atoms with Gasteiger partial charge in [-0.1, -0.05) is 24.1 Å². The quantitative estimate of drug-likeness (QED) is 0.226. The molecule has 0 saturated heterocycles. The van der Waals surface area contributed by atoms with Gasteiger partial charge >= 0.3 is 0 Å². The van der Waals surface area contributed by atoms with Crippen LogP contribution in [0.4, 0.5) is 0 Å². The van der Waals surface area contributed by atoms with Crippen molar-refractivity contribution >= 4 is 40.8 Å². The second kappa shape index (κ2) is 12.0. The Morgan fingerprint density at radius 1 is 1.03 bits per heavy atom. The van der Waals surface area contributed by atoms with Gasteiger partial charge in [0.1, 0.15) is 24.7 Å². The molecule has 0 N–H and O–H groups in total. The Morgan fingerprint density at radius 2 is 1.84 bits per heavy atom. The number of aromatic nitrogens is 1. The standard InChI is InChI=1S/C29H26N4O2S.H2S/c1-4-5-21(15-23-16-30-33-32-23)20-6-9-24(10-7-20)35-17-22-8-13-28-29(31-22)27(18-36-28)26-12-11-25(34-3)14-19(26)2;/h6-14,18,21H,15-17H2,1-3H3;1H2/t21-;/m0./s1. The van der Waals surface area contributed by atoms with Crippen LogP contribution in [0.3, 0.4) is 0 Å². The summed E-state index contributed by atoms with van der Waals surface area (Å²) in [6.07, 6.45) is 0.731. The summed E-state index contributed by atoms with van der Waals surface area (Å²) in [6, 6.07) is 18.4. The number of thiophene rings is 1. The van der Waals surface area contributed by atoms with Crippen molar-refractivity contribution in [1.82, 2.24) is 4.98 Å². The number of benzene rings is 2. The number of rotatable bonds is 8. The zero-order valence-electron chi connectivity index (χ0n) is 21.0. The van der Waals surface area contributed by atoms with Crippen molar-refractivity contribution in [2.75, 3.05) is 13.7 Å². The van der Waals surface area contributed by atoms with Gasteiger partial charge in [-0.05, 0) is 72.2 Å². The molecule has 0 spiro atoms. The fraction of sp³-hybridized carbons (Fsp3) is 0.241. The molecule has 4 aromatic rings. The summed E-state index contributed by atoms with van der Waals surface area (Å²) in [5.74, 6) is 8.02. The highest BCUT2D eigenvalue weighted by Crippen LogP contribution is 2.36. The molecule has 8 heteroatoms. The van der Waals surface area contributed by atoms with Gasteiger partial charge in [0, 0.05) is 17.4 Å².